The fraction of sp³-hybridized carbons (Fsp3) is 1.00. The first-order chi connectivity index (χ1) is 8.05. The summed E-state index contributed by atoms with van der Waals surface area (Å²) in [7, 11) is 0. The highest BCUT2D eigenvalue weighted by atomic mass is 32.9. The van der Waals surface area contributed by atoms with Gasteiger partial charge in [0.1, 0.15) is 0 Å². The van der Waals surface area contributed by atoms with E-state index in [4.69, 9.17) is 16.3 Å². The van der Waals surface area contributed by atoms with Crippen LogP contribution in [0.1, 0.15) is 59.3 Å². The summed E-state index contributed by atoms with van der Waals surface area (Å²) in [5.41, 5.74) is -2.57. The summed E-state index contributed by atoms with van der Waals surface area (Å²) >= 11 is 6.58. The summed E-state index contributed by atoms with van der Waals surface area (Å²) < 4.78 is 5.57. The van der Waals surface area contributed by atoms with Crippen LogP contribution in [0.15, 0.2) is 0 Å². The highest BCUT2D eigenvalue weighted by Crippen LogP contribution is 2.56. The lowest BCUT2D eigenvalue weighted by Gasteiger charge is -2.19. The number of hydrogen-bond donors (Lipinski definition) is 1. The van der Waals surface area contributed by atoms with Gasteiger partial charge < -0.3 is 9.42 Å². The fourth-order valence-electron chi connectivity index (χ4n) is 1.46. The first-order valence-electron chi connectivity index (χ1n) is 6.67. The molecule has 0 heterocycles. The van der Waals surface area contributed by atoms with Gasteiger partial charge in [0.2, 0.25) is 5.69 Å². The molecule has 0 saturated carbocycles. The Labute approximate surface area is 116 Å². The van der Waals surface area contributed by atoms with E-state index < -0.39 is 5.69 Å². The molecule has 0 radical (unpaired) electrons. The third kappa shape index (κ3) is 10.5. The molecule has 0 bridgehead atoms. The highest BCUT2D eigenvalue weighted by molar-refractivity contribution is 8.67. The van der Waals surface area contributed by atoms with Crippen LogP contribution in [0.5, 0.6) is 0 Å². The second kappa shape index (κ2) is 10.8. The highest BCUT2D eigenvalue weighted by Gasteiger charge is 2.16. The van der Waals surface area contributed by atoms with E-state index in [-0.39, 0.29) is 0 Å². The predicted octanol–water partition coefficient (Wildman–Crippen LogP) is 4.97. The van der Waals surface area contributed by atoms with Crippen molar-refractivity contribution in [2.45, 2.75) is 59.3 Å². The maximum Gasteiger partial charge on any atom is 0.244 e. The van der Waals surface area contributed by atoms with Crippen molar-refractivity contribution in [1.29, 1.82) is 0 Å². The van der Waals surface area contributed by atoms with E-state index in [1.165, 1.54) is 30.6 Å². The van der Waals surface area contributed by atoms with Crippen molar-refractivity contribution < 1.29 is 9.42 Å². The lowest BCUT2D eigenvalue weighted by molar-refractivity contribution is 0.238. The molecular formula is C12H27O2PS2. The lowest BCUT2D eigenvalue weighted by Crippen LogP contribution is -2.07. The molecule has 2 atom stereocenters. The smallest absolute Gasteiger partial charge is 0.244 e. The maximum absolute atomic E-state index is 9.98. The minimum absolute atomic E-state index is 0.552. The van der Waals surface area contributed by atoms with Crippen LogP contribution in [0.2, 0.25) is 0 Å². The molecule has 0 amide bonds. The van der Waals surface area contributed by atoms with Gasteiger partial charge in [-0.25, -0.2) is 0 Å². The van der Waals surface area contributed by atoms with Crippen molar-refractivity contribution in [3.63, 3.8) is 0 Å². The molecule has 0 fully saturated rings. The molecular weight excluding hydrogens is 271 g/mol. The molecule has 5 heteroatoms. The van der Waals surface area contributed by atoms with Crippen LogP contribution >= 0.6 is 17.1 Å². The molecule has 0 aliphatic carbocycles. The summed E-state index contributed by atoms with van der Waals surface area (Å²) in [4.78, 5) is 9.98. The summed E-state index contributed by atoms with van der Waals surface area (Å²) in [6, 6.07) is 0. The van der Waals surface area contributed by atoms with Gasteiger partial charge in [-0.2, -0.15) is 0 Å². The second-order valence-corrected chi connectivity index (χ2v) is 10.7. The maximum atomic E-state index is 9.98. The summed E-state index contributed by atoms with van der Waals surface area (Å²) in [6.07, 6.45) is 6.97. The molecule has 0 aliphatic rings. The van der Waals surface area contributed by atoms with Gasteiger partial charge in [-0.05, 0) is 30.6 Å². The molecule has 0 rings (SSSR count). The van der Waals surface area contributed by atoms with Crippen LogP contribution in [0.3, 0.4) is 0 Å². The Bertz CT molecular complexity index is 225. The minimum Gasteiger partial charge on any atom is -0.337 e. The quantitative estimate of drug-likeness (QED) is 0.431. The zero-order valence-electron chi connectivity index (χ0n) is 11.4. The van der Waals surface area contributed by atoms with Crippen molar-refractivity contribution in [3.8, 4) is 0 Å². The Balaban J connectivity index is 3.84. The average molecular weight is 298 g/mol. The van der Waals surface area contributed by atoms with E-state index in [0.29, 0.717) is 12.5 Å². The van der Waals surface area contributed by atoms with Gasteiger partial charge in [0, 0.05) is 5.75 Å². The summed E-state index contributed by atoms with van der Waals surface area (Å²) in [5.74, 6) is 1.46. The van der Waals surface area contributed by atoms with Crippen LogP contribution < -0.4 is 0 Å². The zero-order chi connectivity index (χ0) is 13.1. The van der Waals surface area contributed by atoms with E-state index in [0.717, 1.165) is 25.0 Å². The Kier molecular flexibility index (Phi) is 11.4. The SMILES string of the molecule is CCCCSP(O)(=S)OCC(CC)CCCC. The second-order valence-electron chi connectivity index (χ2n) is 4.37. The molecule has 17 heavy (non-hydrogen) atoms. The van der Waals surface area contributed by atoms with Crippen LogP contribution in [0, 0.1) is 5.92 Å². The van der Waals surface area contributed by atoms with Crippen LogP contribution in [0.25, 0.3) is 0 Å². The molecule has 0 saturated heterocycles. The fourth-order valence-corrected chi connectivity index (χ4v) is 4.92. The van der Waals surface area contributed by atoms with E-state index >= 15 is 0 Å². The van der Waals surface area contributed by atoms with E-state index in [1.54, 1.807) is 0 Å². The third-order valence-corrected chi connectivity index (χ3v) is 7.15. The summed E-state index contributed by atoms with van der Waals surface area (Å²) in [6.45, 7) is 7.14. The molecule has 2 unspecified atom stereocenters. The Morgan fingerprint density at radius 1 is 1.24 bits per heavy atom. The molecule has 104 valence electrons. The zero-order valence-corrected chi connectivity index (χ0v) is 13.9. The average Bonchev–Trinajstić information content (AvgIpc) is 2.29. The van der Waals surface area contributed by atoms with E-state index in [1.807, 2.05) is 0 Å². The molecule has 1 N–H and O–H groups in total. The predicted molar refractivity (Wildman–Crippen MR) is 83.1 cm³/mol. The monoisotopic (exact) mass is 298 g/mol. The largest absolute Gasteiger partial charge is 0.337 e. The Hall–Kier alpha value is 0.920. The van der Waals surface area contributed by atoms with Crippen LogP contribution in [-0.4, -0.2) is 17.3 Å². The third-order valence-electron chi connectivity index (χ3n) is 2.77. The van der Waals surface area contributed by atoms with E-state index in [2.05, 4.69) is 20.8 Å². The topological polar surface area (TPSA) is 29.5 Å². The van der Waals surface area contributed by atoms with Crippen LogP contribution in [0.4, 0.5) is 0 Å². The van der Waals surface area contributed by atoms with E-state index in [9.17, 15) is 4.89 Å². The normalized spacial score (nSPS) is 16.7. The molecule has 0 aliphatic heterocycles. The van der Waals surface area contributed by atoms with Gasteiger partial charge in [-0.3, -0.25) is 0 Å². The molecule has 0 aromatic carbocycles. The number of unbranched alkanes of at least 4 members (excludes halogenated alkanes) is 2. The van der Waals surface area contributed by atoms with Gasteiger partial charge in [0.15, 0.2) is 0 Å². The molecule has 2 nitrogen and oxygen atoms in total. The first kappa shape index (κ1) is 17.9. The van der Waals surface area contributed by atoms with Crippen molar-refractivity contribution in [3.05, 3.63) is 0 Å². The first-order valence-corrected chi connectivity index (χ1v) is 10.9. The van der Waals surface area contributed by atoms with Gasteiger partial charge in [-0.1, -0.05) is 57.8 Å². The number of rotatable bonds is 11. The van der Waals surface area contributed by atoms with Crippen molar-refractivity contribution in [2.24, 2.45) is 5.92 Å². The lowest BCUT2D eigenvalue weighted by atomic mass is 10.0. The van der Waals surface area contributed by atoms with Crippen molar-refractivity contribution >= 4 is 28.9 Å². The standard InChI is InChI=1S/C12H27O2PS2/c1-4-7-9-12(6-3)11-14-15(13,16)17-10-8-5-2/h12H,4-11H2,1-3H3,(H,13,16). The molecule has 0 spiro atoms. The van der Waals surface area contributed by atoms with Crippen molar-refractivity contribution in [1.82, 2.24) is 0 Å². The Morgan fingerprint density at radius 2 is 1.88 bits per heavy atom. The molecule has 0 aromatic rings. The van der Waals surface area contributed by atoms with Gasteiger partial charge >= 0.3 is 0 Å². The number of hydrogen-bond acceptors (Lipinski definition) is 3. The van der Waals surface area contributed by atoms with Gasteiger partial charge in [0.05, 0.1) is 6.61 Å². The van der Waals surface area contributed by atoms with Gasteiger partial charge in [-0.15, -0.1) is 0 Å². The van der Waals surface area contributed by atoms with Crippen LogP contribution in [-0.2, 0) is 16.3 Å². The Morgan fingerprint density at radius 3 is 2.41 bits per heavy atom. The van der Waals surface area contributed by atoms with Gasteiger partial charge in [0.25, 0.3) is 0 Å². The summed E-state index contributed by atoms with van der Waals surface area (Å²) in [5, 5.41) is 0. The minimum atomic E-state index is -2.57. The molecule has 0 aromatic heterocycles. The van der Waals surface area contributed by atoms with Crippen molar-refractivity contribution in [2.75, 3.05) is 12.4 Å².